The van der Waals surface area contributed by atoms with E-state index in [2.05, 4.69) is 5.32 Å². The molecule has 0 saturated heterocycles. The first-order valence-electron chi connectivity index (χ1n) is 6.23. The van der Waals surface area contributed by atoms with Crippen molar-refractivity contribution in [2.45, 2.75) is 64.2 Å². The highest BCUT2D eigenvalue weighted by molar-refractivity contribution is 5.68. The van der Waals surface area contributed by atoms with Crippen LogP contribution < -0.4 is 5.32 Å². The zero-order chi connectivity index (χ0) is 12.9. The molecule has 4 heteroatoms. The Hall–Kier alpha value is -1.03. The van der Waals surface area contributed by atoms with Gasteiger partial charge in [-0.25, -0.2) is 4.79 Å². The van der Waals surface area contributed by atoms with Crippen molar-refractivity contribution in [2.24, 2.45) is 0 Å². The van der Waals surface area contributed by atoms with Gasteiger partial charge in [-0.05, 0) is 33.6 Å². The Morgan fingerprint density at radius 3 is 2.59 bits per heavy atom. The lowest BCUT2D eigenvalue weighted by Crippen LogP contribution is -2.38. The number of amides is 1. The molecule has 0 spiro atoms. The highest BCUT2D eigenvalue weighted by Gasteiger charge is 2.19. The third kappa shape index (κ3) is 6.31. The summed E-state index contributed by atoms with van der Waals surface area (Å²) in [6.07, 6.45) is 6.49. The molecule has 17 heavy (non-hydrogen) atoms. The molecule has 0 aromatic rings. The average molecular weight is 241 g/mol. The number of carbonyl (C=O) groups is 1. The van der Waals surface area contributed by atoms with Gasteiger partial charge in [-0.2, -0.15) is 0 Å². The van der Waals surface area contributed by atoms with Gasteiger partial charge in [0.05, 0.1) is 12.1 Å². The predicted molar refractivity (Wildman–Crippen MR) is 66.8 cm³/mol. The van der Waals surface area contributed by atoms with Crippen molar-refractivity contribution in [3.05, 3.63) is 12.2 Å². The van der Waals surface area contributed by atoms with E-state index in [-0.39, 0.29) is 6.04 Å². The van der Waals surface area contributed by atoms with Crippen LogP contribution in [0.1, 0.15) is 46.5 Å². The van der Waals surface area contributed by atoms with Gasteiger partial charge < -0.3 is 15.2 Å². The number of hydrogen-bond donors (Lipinski definition) is 2. The van der Waals surface area contributed by atoms with E-state index >= 15 is 0 Å². The fourth-order valence-corrected chi connectivity index (χ4v) is 1.75. The van der Waals surface area contributed by atoms with Crippen LogP contribution in [0.5, 0.6) is 0 Å². The van der Waals surface area contributed by atoms with Gasteiger partial charge in [0.1, 0.15) is 5.60 Å². The van der Waals surface area contributed by atoms with Crippen molar-refractivity contribution in [3.63, 3.8) is 0 Å². The highest BCUT2D eigenvalue weighted by Crippen LogP contribution is 2.13. The standard InChI is InChI=1S/C13H23NO3/c1-13(2,3)17-12(16)14-10-6-4-5-7-11(15)9-8-10/h8-11,15H,4-7H2,1-3H3,(H,14,16)/b9-8-/t10-,11+/m1/s1. The van der Waals surface area contributed by atoms with Crippen molar-refractivity contribution >= 4 is 6.09 Å². The summed E-state index contributed by atoms with van der Waals surface area (Å²) >= 11 is 0. The molecule has 0 heterocycles. The minimum Gasteiger partial charge on any atom is -0.444 e. The lowest BCUT2D eigenvalue weighted by Gasteiger charge is -2.23. The Morgan fingerprint density at radius 2 is 1.94 bits per heavy atom. The van der Waals surface area contributed by atoms with E-state index in [0.29, 0.717) is 0 Å². The fraction of sp³-hybridized carbons (Fsp3) is 0.769. The zero-order valence-corrected chi connectivity index (χ0v) is 10.9. The third-order valence-electron chi connectivity index (χ3n) is 2.53. The topological polar surface area (TPSA) is 58.6 Å². The summed E-state index contributed by atoms with van der Waals surface area (Å²) in [5.41, 5.74) is -0.477. The van der Waals surface area contributed by atoms with Crippen LogP contribution in [0.4, 0.5) is 4.79 Å². The van der Waals surface area contributed by atoms with Crippen LogP contribution in [0.3, 0.4) is 0 Å². The maximum Gasteiger partial charge on any atom is 0.408 e. The zero-order valence-electron chi connectivity index (χ0n) is 10.9. The second kappa shape index (κ2) is 6.05. The van der Waals surface area contributed by atoms with Gasteiger partial charge in [0, 0.05) is 0 Å². The summed E-state index contributed by atoms with van der Waals surface area (Å²) < 4.78 is 5.19. The molecule has 1 aliphatic carbocycles. The predicted octanol–water partition coefficient (Wildman–Crippen LogP) is 2.37. The Morgan fingerprint density at radius 1 is 1.29 bits per heavy atom. The number of carbonyl (C=O) groups excluding carboxylic acids is 1. The number of rotatable bonds is 1. The van der Waals surface area contributed by atoms with Crippen molar-refractivity contribution < 1.29 is 14.6 Å². The molecule has 0 saturated carbocycles. The molecular formula is C13H23NO3. The minimum absolute atomic E-state index is 0.0419. The molecule has 0 aliphatic heterocycles. The normalized spacial score (nSPS) is 27.8. The van der Waals surface area contributed by atoms with Crippen LogP contribution in [0.2, 0.25) is 0 Å². The lowest BCUT2D eigenvalue weighted by atomic mass is 10.0. The number of ether oxygens (including phenoxy) is 1. The number of nitrogens with one attached hydrogen (secondary N) is 1. The largest absolute Gasteiger partial charge is 0.444 e. The van der Waals surface area contributed by atoms with Crippen LogP contribution >= 0.6 is 0 Å². The SMILES string of the molecule is CC(C)(C)OC(=O)N[C@H]1/C=C\[C@@H](O)CCCC1. The Kier molecular flexibility index (Phi) is 5.00. The minimum atomic E-state index is -0.477. The molecule has 1 amide bonds. The molecule has 4 nitrogen and oxygen atoms in total. The lowest BCUT2D eigenvalue weighted by molar-refractivity contribution is 0.0510. The molecular weight excluding hydrogens is 218 g/mol. The molecule has 98 valence electrons. The smallest absolute Gasteiger partial charge is 0.408 e. The Balaban J connectivity index is 2.46. The van der Waals surface area contributed by atoms with Crippen LogP contribution in [-0.2, 0) is 4.74 Å². The first kappa shape index (κ1) is 14.0. The van der Waals surface area contributed by atoms with E-state index in [1.54, 1.807) is 6.08 Å². The van der Waals surface area contributed by atoms with E-state index < -0.39 is 17.8 Å². The summed E-state index contributed by atoms with van der Waals surface area (Å²) in [5, 5.41) is 12.3. The third-order valence-corrected chi connectivity index (χ3v) is 2.53. The average Bonchev–Trinajstić information content (AvgIpc) is 2.14. The van der Waals surface area contributed by atoms with Crippen molar-refractivity contribution in [1.82, 2.24) is 5.32 Å². The highest BCUT2D eigenvalue weighted by atomic mass is 16.6. The van der Waals surface area contributed by atoms with Gasteiger partial charge >= 0.3 is 6.09 Å². The van der Waals surface area contributed by atoms with Crippen LogP contribution in [0.15, 0.2) is 12.2 Å². The van der Waals surface area contributed by atoms with E-state index in [1.807, 2.05) is 26.8 Å². The molecule has 1 aliphatic rings. The van der Waals surface area contributed by atoms with E-state index in [9.17, 15) is 9.90 Å². The number of aliphatic hydroxyl groups excluding tert-OH is 1. The van der Waals surface area contributed by atoms with E-state index in [4.69, 9.17) is 4.74 Å². The summed E-state index contributed by atoms with van der Waals surface area (Å²) in [5.74, 6) is 0. The van der Waals surface area contributed by atoms with Gasteiger partial charge in [-0.1, -0.05) is 25.0 Å². The maximum absolute atomic E-state index is 11.6. The van der Waals surface area contributed by atoms with Gasteiger partial charge in [0.25, 0.3) is 0 Å². The van der Waals surface area contributed by atoms with E-state index in [0.717, 1.165) is 25.7 Å². The van der Waals surface area contributed by atoms with Crippen LogP contribution in [0, 0.1) is 0 Å². The first-order valence-corrected chi connectivity index (χ1v) is 6.23. The molecule has 0 bridgehead atoms. The van der Waals surface area contributed by atoms with E-state index in [1.165, 1.54) is 0 Å². The second-order valence-electron chi connectivity index (χ2n) is 5.49. The maximum atomic E-state index is 11.6. The summed E-state index contributed by atoms with van der Waals surface area (Å²) in [6, 6.07) is -0.0419. The molecule has 0 aromatic heterocycles. The summed E-state index contributed by atoms with van der Waals surface area (Å²) in [4.78, 5) is 11.6. The van der Waals surface area contributed by atoms with Crippen LogP contribution in [0.25, 0.3) is 0 Å². The first-order chi connectivity index (χ1) is 7.87. The molecule has 1 rings (SSSR count). The van der Waals surface area contributed by atoms with Crippen molar-refractivity contribution in [1.29, 1.82) is 0 Å². The van der Waals surface area contributed by atoms with Gasteiger partial charge in [0.2, 0.25) is 0 Å². The number of alkyl carbamates (subject to hydrolysis) is 1. The fourth-order valence-electron chi connectivity index (χ4n) is 1.75. The van der Waals surface area contributed by atoms with Gasteiger partial charge in [0.15, 0.2) is 0 Å². The molecule has 0 aromatic carbocycles. The van der Waals surface area contributed by atoms with Crippen LogP contribution in [-0.4, -0.2) is 28.9 Å². The van der Waals surface area contributed by atoms with Crippen molar-refractivity contribution in [3.8, 4) is 0 Å². The summed E-state index contributed by atoms with van der Waals surface area (Å²) in [7, 11) is 0. The van der Waals surface area contributed by atoms with Crippen molar-refractivity contribution in [2.75, 3.05) is 0 Å². The van der Waals surface area contributed by atoms with Gasteiger partial charge in [-0.3, -0.25) is 0 Å². The molecule has 0 radical (unpaired) electrons. The molecule has 0 unspecified atom stereocenters. The quantitative estimate of drug-likeness (QED) is 0.693. The second-order valence-corrected chi connectivity index (χ2v) is 5.49. The molecule has 0 fully saturated rings. The monoisotopic (exact) mass is 241 g/mol. The molecule has 2 N–H and O–H groups in total. The number of aliphatic hydroxyl groups is 1. The summed E-state index contributed by atoms with van der Waals surface area (Å²) in [6.45, 7) is 5.51. The number of hydrogen-bond acceptors (Lipinski definition) is 3. The Labute approximate surface area is 103 Å². The van der Waals surface area contributed by atoms with Gasteiger partial charge in [-0.15, -0.1) is 0 Å². The Bertz CT molecular complexity index is 281. The molecule has 2 atom stereocenters.